The van der Waals surface area contributed by atoms with Crippen molar-refractivity contribution in [2.24, 2.45) is 11.3 Å². The van der Waals surface area contributed by atoms with Crippen LogP contribution in [0.4, 0.5) is 19.3 Å². The van der Waals surface area contributed by atoms with Gasteiger partial charge in [-0.2, -0.15) is 8.78 Å². The molecule has 2 fully saturated rings. The first kappa shape index (κ1) is 18.4. The summed E-state index contributed by atoms with van der Waals surface area (Å²) in [5.74, 6) is -0.935. The molecule has 2 atom stereocenters. The van der Waals surface area contributed by atoms with E-state index in [-0.39, 0.29) is 18.2 Å². The molecule has 9 heteroatoms. The van der Waals surface area contributed by atoms with Gasteiger partial charge in [-0.1, -0.05) is 6.42 Å². The van der Waals surface area contributed by atoms with Crippen LogP contribution in [0.2, 0.25) is 0 Å². The van der Waals surface area contributed by atoms with Crippen molar-refractivity contribution in [1.29, 1.82) is 0 Å². The van der Waals surface area contributed by atoms with Crippen molar-refractivity contribution in [2.45, 2.75) is 25.9 Å². The number of aliphatic carboxylic acids is 1. The molecule has 2 heterocycles. The van der Waals surface area contributed by atoms with Crippen molar-refractivity contribution in [3.8, 4) is 5.75 Å². The number of nitrogens with one attached hydrogen (secondary N) is 1. The van der Waals surface area contributed by atoms with Crippen molar-refractivity contribution in [3.63, 3.8) is 0 Å². The van der Waals surface area contributed by atoms with Gasteiger partial charge in [0, 0.05) is 24.7 Å². The lowest BCUT2D eigenvalue weighted by Gasteiger charge is -2.23. The Hall–Kier alpha value is -2.97. The largest absolute Gasteiger partial charge is 0.481 e. The topological polar surface area (TPSA) is 91.8 Å². The van der Waals surface area contributed by atoms with Crippen LogP contribution in [0.3, 0.4) is 0 Å². The van der Waals surface area contributed by atoms with Crippen molar-refractivity contribution < 1.29 is 28.2 Å². The van der Waals surface area contributed by atoms with Crippen LogP contribution < -0.4 is 10.1 Å². The van der Waals surface area contributed by atoms with Crippen LogP contribution in [0.25, 0.3) is 10.9 Å². The molecule has 1 saturated heterocycles. The lowest BCUT2D eigenvalue weighted by Crippen LogP contribution is -2.38. The smallest absolute Gasteiger partial charge is 0.387 e. The number of pyridine rings is 1. The third kappa shape index (κ3) is 3.00. The van der Waals surface area contributed by atoms with E-state index in [9.17, 15) is 23.5 Å². The second-order valence-electron chi connectivity index (χ2n) is 7.25. The van der Waals surface area contributed by atoms with Gasteiger partial charge in [0.05, 0.1) is 16.6 Å². The first-order valence-electron chi connectivity index (χ1n) is 9.02. The number of hydrogen-bond donors (Lipinski definition) is 2. The molecule has 2 N–H and O–H groups in total. The normalized spacial score (nSPS) is 23.8. The first-order chi connectivity index (χ1) is 13.4. The Labute approximate surface area is 159 Å². The van der Waals surface area contributed by atoms with Gasteiger partial charge in [0.15, 0.2) is 0 Å². The van der Waals surface area contributed by atoms with Crippen LogP contribution in [0.5, 0.6) is 5.75 Å². The molecule has 1 aromatic carbocycles. The first-order valence-corrected chi connectivity index (χ1v) is 9.02. The lowest BCUT2D eigenvalue weighted by atomic mass is 9.81. The second kappa shape index (κ2) is 6.88. The maximum absolute atomic E-state index is 12.8. The average molecular weight is 391 g/mol. The summed E-state index contributed by atoms with van der Waals surface area (Å²) in [4.78, 5) is 30.2. The number of alkyl halides is 2. The van der Waals surface area contributed by atoms with E-state index in [2.05, 4.69) is 15.0 Å². The Bertz CT molecular complexity index is 939. The van der Waals surface area contributed by atoms with Crippen LogP contribution in [0.15, 0.2) is 30.5 Å². The van der Waals surface area contributed by atoms with E-state index >= 15 is 0 Å². The Morgan fingerprint density at radius 1 is 1.36 bits per heavy atom. The second-order valence-corrected chi connectivity index (χ2v) is 7.25. The number of amides is 2. The SMILES string of the molecule is O=C(Nc1ccc(OC(F)F)c2cccnc12)N1C[C@@H]2CCC[C@@]2(C(=O)O)C1. The van der Waals surface area contributed by atoms with E-state index in [4.69, 9.17) is 0 Å². The molecule has 1 aromatic heterocycles. The van der Waals surface area contributed by atoms with Crippen LogP contribution in [-0.4, -0.2) is 46.7 Å². The molecule has 7 nitrogen and oxygen atoms in total. The molecule has 0 spiro atoms. The third-order valence-electron chi connectivity index (χ3n) is 5.77. The minimum atomic E-state index is -2.97. The number of carbonyl (C=O) groups excluding carboxylic acids is 1. The molecule has 2 aromatic rings. The number of urea groups is 1. The maximum atomic E-state index is 12.8. The summed E-state index contributed by atoms with van der Waals surface area (Å²) in [7, 11) is 0. The van der Waals surface area contributed by atoms with Crippen LogP contribution in [0, 0.1) is 11.3 Å². The summed E-state index contributed by atoms with van der Waals surface area (Å²) in [5.41, 5.74) is -0.197. The van der Waals surface area contributed by atoms with Crippen molar-refractivity contribution in [2.75, 3.05) is 18.4 Å². The maximum Gasteiger partial charge on any atom is 0.387 e. The molecular weight excluding hydrogens is 372 g/mol. The van der Waals surface area contributed by atoms with Crippen molar-refractivity contribution in [1.82, 2.24) is 9.88 Å². The number of fused-ring (bicyclic) bond motifs is 2. The molecule has 28 heavy (non-hydrogen) atoms. The van der Waals surface area contributed by atoms with Crippen LogP contribution in [0.1, 0.15) is 19.3 Å². The van der Waals surface area contributed by atoms with Gasteiger partial charge >= 0.3 is 18.6 Å². The standard InChI is InChI=1S/C19H19F2N3O4/c20-17(21)28-14-6-5-13(15-12(14)4-2-8-22-15)23-18(27)24-9-11-3-1-7-19(11,10-24)16(25)26/h2,4-6,8,11,17H,1,3,7,9-10H2,(H,23,27)(H,25,26)/t11-,19+/m0/s1. The predicted molar refractivity (Wildman–Crippen MR) is 96.4 cm³/mol. The summed E-state index contributed by atoms with van der Waals surface area (Å²) >= 11 is 0. The van der Waals surface area contributed by atoms with Gasteiger partial charge in [0.25, 0.3) is 0 Å². The number of rotatable bonds is 4. The van der Waals surface area contributed by atoms with E-state index in [0.717, 1.165) is 12.8 Å². The zero-order chi connectivity index (χ0) is 19.9. The number of benzene rings is 1. The lowest BCUT2D eigenvalue weighted by molar-refractivity contribution is -0.149. The number of nitrogens with zero attached hydrogens (tertiary/aromatic N) is 2. The molecule has 2 aliphatic rings. The highest BCUT2D eigenvalue weighted by molar-refractivity contribution is 6.02. The van der Waals surface area contributed by atoms with E-state index in [1.54, 1.807) is 12.1 Å². The fraction of sp³-hybridized carbons (Fsp3) is 0.421. The van der Waals surface area contributed by atoms with Gasteiger partial charge in [-0.15, -0.1) is 0 Å². The van der Waals surface area contributed by atoms with Gasteiger partial charge in [-0.3, -0.25) is 9.78 Å². The molecule has 0 unspecified atom stereocenters. The number of anilines is 1. The molecule has 1 aliphatic heterocycles. The van der Waals surface area contributed by atoms with Gasteiger partial charge in [0.2, 0.25) is 0 Å². The molecule has 2 amide bonds. The Balaban J connectivity index is 1.57. The number of hydrogen-bond acceptors (Lipinski definition) is 4. The Morgan fingerprint density at radius 2 is 2.18 bits per heavy atom. The van der Waals surface area contributed by atoms with Crippen LogP contribution >= 0.6 is 0 Å². The number of carboxylic acid groups (broad SMARTS) is 1. The van der Waals surface area contributed by atoms with Gasteiger partial charge in [-0.25, -0.2) is 4.79 Å². The summed E-state index contributed by atoms with van der Waals surface area (Å²) < 4.78 is 29.7. The summed E-state index contributed by atoms with van der Waals surface area (Å²) in [6.45, 7) is -2.42. The quantitative estimate of drug-likeness (QED) is 0.832. The van der Waals surface area contributed by atoms with E-state index < -0.39 is 24.0 Å². The van der Waals surface area contributed by atoms with E-state index in [1.165, 1.54) is 23.2 Å². The van der Waals surface area contributed by atoms with Gasteiger partial charge < -0.3 is 20.1 Å². The Morgan fingerprint density at radius 3 is 2.89 bits per heavy atom. The van der Waals surface area contributed by atoms with E-state index in [0.29, 0.717) is 29.6 Å². The molecule has 148 valence electrons. The summed E-state index contributed by atoms with van der Waals surface area (Å²) in [6.07, 6.45) is 3.71. The molecule has 0 radical (unpaired) electrons. The number of halogens is 2. The fourth-order valence-electron chi connectivity index (χ4n) is 4.43. The minimum absolute atomic E-state index is 0.0309. The Kier molecular flexibility index (Phi) is 4.52. The van der Waals surface area contributed by atoms with Crippen LogP contribution in [-0.2, 0) is 4.79 Å². The molecule has 1 saturated carbocycles. The van der Waals surface area contributed by atoms with Crippen molar-refractivity contribution >= 4 is 28.6 Å². The zero-order valence-electron chi connectivity index (χ0n) is 14.9. The summed E-state index contributed by atoms with van der Waals surface area (Å²) in [6, 6.07) is 5.54. The number of likely N-dealkylation sites (tertiary alicyclic amines) is 1. The molecule has 4 rings (SSSR count). The molecular formula is C19H19F2N3O4. The van der Waals surface area contributed by atoms with Gasteiger partial charge in [0.1, 0.15) is 5.75 Å². The monoisotopic (exact) mass is 391 g/mol. The number of ether oxygens (including phenoxy) is 1. The number of carbonyl (C=O) groups is 2. The third-order valence-corrected chi connectivity index (χ3v) is 5.77. The van der Waals surface area contributed by atoms with Gasteiger partial charge in [-0.05, 0) is 43.0 Å². The zero-order valence-corrected chi connectivity index (χ0v) is 14.9. The van der Waals surface area contributed by atoms with E-state index in [1.807, 2.05) is 0 Å². The van der Waals surface area contributed by atoms with Crippen molar-refractivity contribution in [3.05, 3.63) is 30.5 Å². The highest BCUT2D eigenvalue weighted by Crippen LogP contribution is 2.49. The minimum Gasteiger partial charge on any atom is -0.481 e. The summed E-state index contributed by atoms with van der Waals surface area (Å²) in [5, 5.41) is 12.8. The number of carboxylic acids is 1. The highest BCUT2D eigenvalue weighted by Gasteiger charge is 2.55. The fourth-order valence-corrected chi connectivity index (χ4v) is 4.43. The average Bonchev–Trinajstić information content (AvgIpc) is 3.22. The molecule has 1 aliphatic carbocycles. The molecule has 0 bridgehead atoms. The highest BCUT2D eigenvalue weighted by atomic mass is 19.3. The number of aromatic nitrogens is 1. The predicted octanol–water partition coefficient (Wildman–Crippen LogP) is 3.55.